The molecule has 1 aliphatic carbocycles. The molecule has 0 spiro atoms. The lowest BCUT2D eigenvalue weighted by Crippen LogP contribution is -2.44. The van der Waals surface area contributed by atoms with Crippen molar-refractivity contribution >= 4 is 10.0 Å². The van der Waals surface area contributed by atoms with Crippen molar-refractivity contribution in [3.63, 3.8) is 0 Å². The number of hydrogen-bond donors (Lipinski definition) is 0. The van der Waals surface area contributed by atoms with Crippen LogP contribution in [0.4, 0.5) is 0 Å². The lowest BCUT2D eigenvalue weighted by Gasteiger charge is -2.30. The highest BCUT2D eigenvalue weighted by Crippen LogP contribution is 2.28. The minimum Gasteiger partial charge on any atom is -0.379 e. The third-order valence-corrected chi connectivity index (χ3v) is 7.16. The van der Waals surface area contributed by atoms with E-state index in [-0.39, 0.29) is 6.04 Å². The van der Waals surface area contributed by atoms with Crippen LogP contribution in [0.15, 0.2) is 0 Å². The average molecular weight is 360 g/mol. The number of likely N-dealkylation sites (tertiary alicyclic amines) is 1. The maximum Gasteiger partial charge on any atom is 0.211 e. The lowest BCUT2D eigenvalue weighted by molar-refractivity contribution is 0.0366. The van der Waals surface area contributed by atoms with Gasteiger partial charge < -0.3 is 4.74 Å². The zero-order valence-corrected chi connectivity index (χ0v) is 15.8. The molecular formula is C17H33N3O3S. The van der Waals surface area contributed by atoms with Crippen molar-refractivity contribution in [2.45, 2.75) is 50.6 Å². The first-order valence-corrected chi connectivity index (χ1v) is 11.4. The third-order valence-electron chi connectivity index (χ3n) is 5.83. The Labute approximate surface area is 147 Å². The van der Waals surface area contributed by atoms with Crippen LogP contribution in [0.2, 0.25) is 0 Å². The Morgan fingerprint density at radius 2 is 1.79 bits per heavy atom. The summed E-state index contributed by atoms with van der Waals surface area (Å²) in [6.45, 7) is 7.15. The minimum absolute atomic E-state index is 0.172. The molecule has 0 bridgehead atoms. The van der Waals surface area contributed by atoms with Crippen molar-refractivity contribution in [3.8, 4) is 0 Å². The molecule has 0 amide bonds. The van der Waals surface area contributed by atoms with E-state index in [1.807, 2.05) is 0 Å². The van der Waals surface area contributed by atoms with E-state index in [0.717, 1.165) is 58.8 Å². The second-order valence-electron chi connectivity index (χ2n) is 7.56. The van der Waals surface area contributed by atoms with E-state index in [4.69, 9.17) is 4.74 Å². The Morgan fingerprint density at radius 1 is 1.08 bits per heavy atom. The van der Waals surface area contributed by atoms with Gasteiger partial charge in [-0.15, -0.1) is 0 Å². The summed E-state index contributed by atoms with van der Waals surface area (Å²) < 4.78 is 31.8. The summed E-state index contributed by atoms with van der Waals surface area (Å²) in [6, 6.07) is 0.870. The predicted octanol–water partition coefficient (Wildman–Crippen LogP) is 0.987. The van der Waals surface area contributed by atoms with Gasteiger partial charge in [-0.1, -0.05) is 12.8 Å². The van der Waals surface area contributed by atoms with Crippen LogP contribution < -0.4 is 0 Å². The molecule has 0 radical (unpaired) electrons. The van der Waals surface area contributed by atoms with Crippen LogP contribution in [0.1, 0.15) is 38.5 Å². The van der Waals surface area contributed by atoms with Crippen LogP contribution in [0, 0.1) is 0 Å². The topological polar surface area (TPSA) is 53.1 Å². The van der Waals surface area contributed by atoms with Gasteiger partial charge in [0.2, 0.25) is 10.0 Å². The van der Waals surface area contributed by atoms with E-state index in [1.54, 1.807) is 4.31 Å². The molecule has 1 unspecified atom stereocenters. The molecule has 0 N–H and O–H groups in total. The first-order chi connectivity index (χ1) is 11.5. The smallest absolute Gasteiger partial charge is 0.211 e. The number of nitrogens with zero attached hydrogens (tertiary/aromatic N) is 3. The van der Waals surface area contributed by atoms with Crippen LogP contribution in [0.5, 0.6) is 0 Å². The molecule has 1 atom stereocenters. The van der Waals surface area contributed by atoms with Gasteiger partial charge in [0.1, 0.15) is 0 Å². The molecule has 2 saturated heterocycles. The first-order valence-electron chi connectivity index (χ1n) is 9.55. The molecular weight excluding hydrogens is 326 g/mol. The van der Waals surface area contributed by atoms with Crippen LogP contribution >= 0.6 is 0 Å². The van der Waals surface area contributed by atoms with Crippen molar-refractivity contribution in [1.29, 1.82) is 0 Å². The molecule has 0 aromatic heterocycles. The quantitative estimate of drug-likeness (QED) is 0.678. The first kappa shape index (κ1) is 18.6. The Kier molecular flexibility index (Phi) is 6.54. The predicted molar refractivity (Wildman–Crippen MR) is 95.7 cm³/mol. The second kappa shape index (κ2) is 8.45. The van der Waals surface area contributed by atoms with Gasteiger partial charge in [-0.05, 0) is 32.2 Å². The van der Waals surface area contributed by atoms with E-state index in [0.29, 0.717) is 12.6 Å². The largest absolute Gasteiger partial charge is 0.379 e. The SMILES string of the molecule is CS(=O)(=O)N(CCCN1CCOCC1)C1CCN(C2CCCC2)C1. The number of hydrogen-bond acceptors (Lipinski definition) is 5. The van der Waals surface area contributed by atoms with Gasteiger partial charge in [0.05, 0.1) is 19.5 Å². The second-order valence-corrected chi connectivity index (χ2v) is 9.49. The van der Waals surface area contributed by atoms with Crippen LogP contribution in [-0.4, -0.2) is 93.3 Å². The molecule has 24 heavy (non-hydrogen) atoms. The molecule has 3 rings (SSSR count). The third kappa shape index (κ3) is 4.91. The molecule has 0 aromatic carbocycles. The van der Waals surface area contributed by atoms with E-state index >= 15 is 0 Å². The van der Waals surface area contributed by atoms with Crippen molar-refractivity contribution < 1.29 is 13.2 Å². The normalized spacial score (nSPS) is 28.2. The number of morpholine rings is 1. The molecule has 1 saturated carbocycles. The summed E-state index contributed by atoms with van der Waals surface area (Å²) in [6.07, 6.45) is 8.53. The average Bonchev–Trinajstić information content (AvgIpc) is 3.22. The summed E-state index contributed by atoms with van der Waals surface area (Å²) in [5.74, 6) is 0. The molecule has 3 fully saturated rings. The van der Waals surface area contributed by atoms with Crippen molar-refractivity contribution in [2.24, 2.45) is 0 Å². The van der Waals surface area contributed by atoms with Crippen molar-refractivity contribution in [2.75, 3.05) is 58.7 Å². The Hall–Kier alpha value is -0.210. The highest BCUT2D eigenvalue weighted by atomic mass is 32.2. The minimum atomic E-state index is -3.13. The lowest BCUT2D eigenvalue weighted by atomic mass is 10.2. The number of rotatable bonds is 7. The van der Waals surface area contributed by atoms with Crippen molar-refractivity contribution in [1.82, 2.24) is 14.1 Å². The Morgan fingerprint density at radius 3 is 2.46 bits per heavy atom. The number of sulfonamides is 1. The van der Waals surface area contributed by atoms with E-state index in [9.17, 15) is 8.42 Å². The monoisotopic (exact) mass is 359 g/mol. The zero-order valence-electron chi connectivity index (χ0n) is 15.0. The van der Waals surface area contributed by atoms with Gasteiger partial charge in [0.25, 0.3) is 0 Å². The summed E-state index contributed by atoms with van der Waals surface area (Å²) in [4.78, 5) is 4.92. The highest BCUT2D eigenvalue weighted by Gasteiger charge is 2.35. The van der Waals surface area contributed by atoms with Crippen molar-refractivity contribution in [3.05, 3.63) is 0 Å². The summed E-state index contributed by atoms with van der Waals surface area (Å²) in [5.41, 5.74) is 0. The molecule has 6 nitrogen and oxygen atoms in total. The summed E-state index contributed by atoms with van der Waals surface area (Å²) in [5, 5.41) is 0. The van der Waals surface area contributed by atoms with Gasteiger partial charge in [0.15, 0.2) is 0 Å². The fourth-order valence-electron chi connectivity index (χ4n) is 4.50. The summed E-state index contributed by atoms with van der Waals surface area (Å²) in [7, 11) is -3.13. The van der Waals surface area contributed by atoms with E-state index in [1.165, 1.54) is 31.9 Å². The Bertz CT molecular complexity index is 487. The molecule has 0 aromatic rings. The molecule has 140 valence electrons. The maximum absolute atomic E-state index is 12.3. The van der Waals surface area contributed by atoms with Gasteiger partial charge in [-0.2, -0.15) is 4.31 Å². The number of ether oxygens (including phenoxy) is 1. The molecule has 2 heterocycles. The summed E-state index contributed by atoms with van der Waals surface area (Å²) >= 11 is 0. The fourth-order valence-corrected chi connectivity index (χ4v) is 5.67. The standard InChI is InChI=1S/C17H33N3O3S/c1-24(21,22)20(9-4-8-18-11-13-23-14-12-18)17-7-10-19(15-17)16-5-2-3-6-16/h16-17H,2-15H2,1H3. The Balaban J connectivity index is 1.50. The fraction of sp³-hybridized carbons (Fsp3) is 1.00. The van der Waals surface area contributed by atoms with Gasteiger partial charge in [-0.25, -0.2) is 8.42 Å². The molecule has 2 aliphatic heterocycles. The van der Waals surface area contributed by atoms with Crippen LogP contribution in [0.25, 0.3) is 0 Å². The zero-order chi connectivity index (χ0) is 17.0. The van der Waals surface area contributed by atoms with E-state index < -0.39 is 10.0 Å². The van der Waals surface area contributed by atoms with Gasteiger partial charge in [0, 0.05) is 44.8 Å². The van der Waals surface area contributed by atoms with Gasteiger partial charge in [-0.3, -0.25) is 9.80 Å². The highest BCUT2D eigenvalue weighted by molar-refractivity contribution is 7.88. The van der Waals surface area contributed by atoms with Crippen LogP contribution in [-0.2, 0) is 14.8 Å². The van der Waals surface area contributed by atoms with Gasteiger partial charge >= 0.3 is 0 Å². The molecule has 7 heteroatoms. The van der Waals surface area contributed by atoms with E-state index in [2.05, 4.69) is 9.80 Å². The molecule has 3 aliphatic rings. The van der Waals surface area contributed by atoms with Crippen LogP contribution in [0.3, 0.4) is 0 Å². The maximum atomic E-state index is 12.3.